The quantitative estimate of drug-likeness (QED) is 0.516. The Morgan fingerprint density at radius 3 is 2.59 bits per heavy atom. The number of ether oxygens (including phenoxy) is 3. The Kier molecular flexibility index (Phi) is 7.06. The second kappa shape index (κ2) is 9.71. The van der Waals surface area contributed by atoms with E-state index in [0.29, 0.717) is 30.1 Å². The number of amides is 1. The van der Waals surface area contributed by atoms with E-state index in [1.54, 1.807) is 31.4 Å². The van der Waals surface area contributed by atoms with Gasteiger partial charge in [-0.25, -0.2) is 0 Å². The summed E-state index contributed by atoms with van der Waals surface area (Å²) in [7, 11) is 1.64. The number of nitrogens with zero attached hydrogens (tertiary/aromatic N) is 2. The molecule has 1 heterocycles. The lowest BCUT2D eigenvalue weighted by atomic mass is 10.2. The average molecular weight is 415 g/mol. The molecule has 154 valence electrons. The van der Waals surface area contributed by atoms with Crippen LogP contribution >= 0.6 is 11.3 Å². The fourth-order valence-electron chi connectivity index (χ4n) is 2.95. The molecule has 29 heavy (non-hydrogen) atoms. The third-order valence-corrected chi connectivity index (χ3v) is 5.26. The Hall–Kier alpha value is -2.64. The minimum atomic E-state index is -0.295. The third kappa shape index (κ3) is 5.05. The molecule has 0 aliphatic rings. The Bertz CT molecular complexity index is 1040. The number of para-hydroxylation sites is 1. The average Bonchev–Trinajstić information content (AvgIpc) is 3.05. The van der Waals surface area contributed by atoms with Crippen LogP contribution in [0.15, 0.2) is 47.5 Å². The lowest BCUT2D eigenvalue weighted by molar-refractivity contribution is 0.0996. The molecule has 0 unspecified atom stereocenters. The minimum Gasteiger partial charge on any atom is -0.495 e. The number of benzene rings is 2. The van der Waals surface area contributed by atoms with Crippen LogP contribution in [0.3, 0.4) is 0 Å². The van der Waals surface area contributed by atoms with Crippen molar-refractivity contribution in [2.75, 3.05) is 20.3 Å². The van der Waals surface area contributed by atoms with Crippen molar-refractivity contribution in [1.82, 2.24) is 4.57 Å². The van der Waals surface area contributed by atoms with Gasteiger partial charge in [0.05, 0.1) is 24.5 Å². The number of carbonyl (C=O) groups is 1. The van der Waals surface area contributed by atoms with Crippen LogP contribution in [0.25, 0.3) is 10.2 Å². The van der Waals surface area contributed by atoms with Gasteiger partial charge < -0.3 is 18.8 Å². The summed E-state index contributed by atoms with van der Waals surface area (Å²) in [5.41, 5.74) is 1.44. The Morgan fingerprint density at radius 2 is 1.93 bits per heavy atom. The van der Waals surface area contributed by atoms with Gasteiger partial charge in [0, 0.05) is 18.7 Å². The first kappa shape index (κ1) is 21.1. The molecular formula is C22H26N2O4S. The fourth-order valence-corrected chi connectivity index (χ4v) is 4.03. The first-order valence-electron chi connectivity index (χ1n) is 9.63. The maximum atomic E-state index is 12.8. The van der Waals surface area contributed by atoms with Crippen molar-refractivity contribution in [3.8, 4) is 11.5 Å². The molecule has 0 atom stereocenters. The van der Waals surface area contributed by atoms with Crippen LogP contribution in [0.5, 0.6) is 11.5 Å². The van der Waals surface area contributed by atoms with Crippen molar-refractivity contribution >= 4 is 27.5 Å². The predicted molar refractivity (Wildman–Crippen MR) is 115 cm³/mol. The van der Waals surface area contributed by atoms with Gasteiger partial charge in [-0.05, 0) is 57.2 Å². The van der Waals surface area contributed by atoms with Gasteiger partial charge in [0.15, 0.2) is 4.80 Å². The van der Waals surface area contributed by atoms with Gasteiger partial charge in [0.2, 0.25) is 0 Å². The van der Waals surface area contributed by atoms with E-state index in [4.69, 9.17) is 14.2 Å². The van der Waals surface area contributed by atoms with Crippen LogP contribution in [0.2, 0.25) is 0 Å². The zero-order valence-corrected chi connectivity index (χ0v) is 18.0. The molecule has 7 heteroatoms. The molecule has 0 N–H and O–H groups in total. The zero-order chi connectivity index (χ0) is 20.8. The van der Waals surface area contributed by atoms with Crippen molar-refractivity contribution in [3.63, 3.8) is 0 Å². The summed E-state index contributed by atoms with van der Waals surface area (Å²) >= 11 is 1.46. The molecule has 0 spiro atoms. The lowest BCUT2D eigenvalue weighted by Gasteiger charge is -2.09. The standard InChI is InChI=1S/C22H26N2O4S/c1-5-27-14-13-24-20-18(26-4)7-6-8-19(20)29-22(24)23-21(25)16-9-11-17(12-10-16)28-15(2)3/h6-12,15H,5,13-14H2,1-4H3. The van der Waals surface area contributed by atoms with Crippen LogP contribution in [0.1, 0.15) is 31.1 Å². The first-order chi connectivity index (χ1) is 14.0. The van der Waals surface area contributed by atoms with Crippen molar-refractivity contribution in [2.45, 2.75) is 33.4 Å². The van der Waals surface area contributed by atoms with E-state index in [0.717, 1.165) is 21.7 Å². The third-order valence-electron chi connectivity index (χ3n) is 4.22. The van der Waals surface area contributed by atoms with E-state index >= 15 is 0 Å². The van der Waals surface area contributed by atoms with Gasteiger partial charge >= 0.3 is 0 Å². The maximum Gasteiger partial charge on any atom is 0.279 e. The second-order valence-electron chi connectivity index (χ2n) is 6.65. The molecule has 0 bridgehead atoms. The van der Waals surface area contributed by atoms with Crippen molar-refractivity contribution in [2.24, 2.45) is 4.99 Å². The van der Waals surface area contributed by atoms with Crippen LogP contribution < -0.4 is 14.3 Å². The SMILES string of the molecule is CCOCCn1c(=NC(=O)c2ccc(OC(C)C)cc2)sc2cccc(OC)c21. The van der Waals surface area contributed by atoms with E-state index in [2.05, 4.69) is 4.99 Å². The number of thiazole rings is 1. The van der Waals surface area contributed by atoms with Crippen LogP contribution in [-0.4, -0.2) is 36.9 Å². The highest BCUT2D eigenvalue weighted by Gasteiger charge is 2.13. The summed E-state index contributed by atoms with van der Waals surface area (Å²) in [5, 5.41) is 0. The number of methoxy groups -OCH3 is 1. The molecule has 0 aliphatic heterocycles. The number of carbonyl (C=O) groups excluding carboxylic acids is 1. The van der Waals surface area contributed by atoms with Gasteiger partial charge in [-0.2, -0.15) is 4.99 Å². The number of hydrogen-bond acceptors (Lipinski definition) is 5. The molecular weight excluding hydrogens is 388 g/mol. The molecule has 2 aromatic carbocycles. The smallest absolute Gasteiger partial charge is 0.279 e. The number of hydrogen-bond donors (Lipinski definition) is 0. The maximum absolute atomic E-state index is 12.8. The summed E-state index contributed by atoms with van der Waals surface area (Å²) < 4.78 is 19.7. The lowest BCUT2D eigenvalue weighted by Crippen LogP contribution is -2.20. The second-order valence-corrected chi connectivity index (χ2v) is 7.66. The highest BCUT2D eigenvalue weighted by molar-refractivity contribution is 7.16. The first-order valence-corrected chi connectivity index (χ1v) is 10.4. The highest BCUT2D eigenvalue weighted by Crippen LogP contribution is 2.27. The highest BCUT2D eigenvalue weighted by atomic mass is 32.1. The van der Waals surface area contributed by atoms with Gasteiger partial charge in [-0.1, -0.05) is 17.4 Å². The van der Waals surface area contributed by atoms with Gasteiger partial charge in [0.25, 0.3) is 5.91 Å². The summed E-state index contributed by atoms with van der Waals surface area (Å²) in [6.45, 7) is 7.63. The van der Waals surface area contributed by atoms with Gasteiger partial charge in [0.1, 0.15) is 17.0 Å². The molecule has 1 amide bonds. The number of aromatic nitrogens is 1. The van der Waals surface area contributed by atoms with E-state index in [1.165, 1.54) is 11.3 Å². The molecule has 0 radical (unpaired) electrons. The van der Waals surface area contributed by atoms with Crippen molar-refractivity contribution in [1.29, 1.82) is 0 Å². The Labute approximate surface area is 174 Å². The molecule has 3 rings (SSSR count). The van der Waals surface area contributed by atoms with Gasteiger partial charge in [-0.15, -0.1) is 0 Å². The summed E-state index contributed by atoms with van der Waals surface area (Å²) in [5.74, 6) is 1.19. The number of rotatable bonds is 8. The molecule has 0 aliphatic carbocycles. The molecule has 0 saturated heterocycles. The zero-order valence-electron chi connectivity index (χ0n) is 17.2. The number of fused-ring (bicyclic) bond motifs is 1. The van der Waals surface area contributed by atoms with Gasteiger partial charge in [-0.3, -0.25) is 4.79 Å². The van der Waals surface area contributed by atoms with E-state index in [-0.39, 0.29) is 12.0 Å². The van der Waals surface area contributed by atoms with Crippen molar-refractivity contribution in [3.05, 3.63) is 52.8 Å². The molecule has 1 aromatic heterocycles. The topological polar surface area (TPSA) is 62.1 Å². The Balaban J connectivity index is 1.99. The molecule has 0 fully saturated rings. The van der Waals surface area contributed by atoms with E-state index in [9.17, 15) is 4.79 Å². The van der Waals surface area contributed by atoms with Crippen LogP contribution in [0, 0.1) is 0 Å². The molecule has 6 nitrogen and oxygen atoms in total. The predicted octanol–water partition coefficient (Wildman–Crippen LogP) is 4.28. The minimum absolute atomic E-state index is 0.0825. The monoisotopic (exact) mass is 414 g/mol. The van der Waals surface area contributed by atoms with Crippen LogP contribution in [-0.2, 0) is 11.3 Å². The molecule has 3 aromatic rings. The van der Waals surface area contributed by atoms with Crippen LogP contribution in [0.4, 0.5) is 0 Å². The van der Waals surface area contributed by atoms with E-state index < -0.39 is 0 Å². The van der Waals surface area contributed by atoms with E-state index in [1.807, 2.05) is 43.5 Å². The summed E-state index contributed by atoms with van der Waals surface area (Å²) in [6.07, 6.45) is 0.0825. The largest absolute Gasteiger partial charge is 0.495 e. The fraction of sp³-hybridized carbons (Fsp3) is 0.364. The summed E-state index contributed by atoms with van der Waals surface area (Å²) in [4.78, 5) is 17.8. The normalized spacial score (nSPS) is 12.0. The van der Waals surface area contributed by atoms with Crippen molar-refractivity contribution < 1.29 is 19.0 Å². The molecule has 0 saturated carbocycles. The Morgan fingerprint density at radius 1 is 1.17 bits per heavy atom. The summed E-state index contributed by atoms with van der Waals surface area (Å²) in [6, 6.07) is 12.9.